The fourth-order valence-corrected chi connectivity index (χ4v) is 3.66. The molecule has 0 atom stereocenters. The number of nitro groups is 1. The van der Waals surface area contributed by atoms with Crippen LogP contribution in [0.5, 0.6) is 0 Å². The predicted octanol–water partition coefficient (Wildman–Crippen LogP) is 5.19. The minimum atomic E-state index is -0.514. The largest absolute Gasteiger partial charge is 0.325 e. The lowest BCUT2D eigenvalue weighted by Gasteiger charge is -2.08. The van der Waals surface area contributed by atoms with Gasteiger partial charge in [0.1, 0.15) is 0 Å². The van der Waals surface area contributed by atoms with E-state index in [0.717, 1.165) is 21.7 Å². The molecule has 8 heteroatoms. The van der Waals surface area contributed by atoms with Gasteiger partial charge in [-0.3, -0.25) is 19.7 Å². The van der Waals surface area contributed by atoms with Crippen LogP contribution in [0, 0.1) is 24.0 Å². The minimum Gasteiger partial charge on any atom is -0.325 e. The van der Waals surface area contributed by atoms with Crippen LogP contribution in [-0.4, -0.2) is 22.5 Å². The molecular formula is C23H21N3O4S. The van der Waals surface area contributed by atoms with Gasteiger partial charge in [-0.25, -0.2) is 0 Å². The van der Waals surface area contributed by atoms with Crippen molar-refractivity contribution in [3.05, 3.63) is 93.5 Å². The molecule has 158 valence electrons. The Morgan fingerprint density at radius 1 is 0.871 bits per heavy atom. The van der Waals surface area contributed by atoms with Gasteiger partial charge in [0, 0.05) is 34.0 Å². The first-order valence-corrected chi connectivity index (χ1v) is 10.5. The zero-order valence-corrected chi connectivity index (χ0v) is 17.9. The standard InChI is InChI=1S/C23H21N3O4S/c1-15-11-16(2)13-19(12-15)24-22(27)14-31-21-9-5-18(6-10-21)25-23(28)17-3-7-20(8-4-17)26(29)30/h3-13H,14H2,1-2H3,(H,24,27)(H,25,28). The van der Waals surface area contributed by atoms with Crippen LogP contribution in [0.15, 0.2) is 71.6 Å². The summed E-state index contributed by atoms with van der Waals surface area (Å²) in [5.74, 6) is -0.185. The number of amides is 2. The second-order valence-corrected chi connectivity index (χ2v) is 8.04. The van der Waals surface area contributed by atoms with Crippen molar-refractivity contribution in [2.75, 3.05) is 16.4 Å². The van der Waals surface area contributed by atoms with Crippen molar-refractivity contribution in [1.82, 2.24) is 0 Å². The number of hydrogen-bond donors (Lipinski definition) is 2. The van der Waals surface area contributed by atoms with Gasteiger partial charge in [0.05, 0.1) is 10.7 Å². The molecule has 0 saturated carbocycles. The number of thioether (sulfide) groups is 1. The van der Waals surface area contributed by atoms with Crippen LogP contribution >= 0.6 is 11.8 Å². The van der Waals surface area contributed by atoms with E-state index >= 15 is 0 Å². The summed E-state index contributed by atoms with van der Waals surface area (Å²) in [5, 5.41) is 16.3. The molecule has 0 aliphatic heterocycles. The topological polar surface area (TPSA) is 101 Å². The minimum absolute atomic E-state index is 0.0699. The first-order chi connectivity index (χ1) is 14.8. The average molecular weight is 436 g/mol. The second-order valence-electron chi connectivity index (χ2n) is 7.00. The quantitative estimate of drug-likeness (QED) is 0.302. The third kappa shape index (κ3) is 6.42. The number of hydrogen-bond acceptors (Lipinski definition) is 5. The molecule has 0 unspecified atom stereocenters. The van der Waals surface area contributed by atoms with Crippen molar-refractivity contribution in [1.29, 1.82) is 0 Å². The van der Waals surface area contributed by atoms with Gasteiger partial charge in [-0.15, -0.1) is 11.8 Å². The van der Waals surface area contributed by atoms with Crippen molar-refractivity contribution < 1.29 is 14.5 Å². The Bertz CT molecular complexity index is 1090. The highest BCUT2D eigenvalue weighted by Crippen LogP contribution is 2.22. The van der Waals surface area contributed by atoms with E-state index < -0.39 is 4.92 Å². The van der Waals surface area contributed by atoms with Crippen molar-refractivity contribution in [3.63, 3.8) is 0 Å². The Kier molecular flexibility index (Phi) is 7.04. The average Bonchev–Trinajstić information content (AvgIpc) is 2.72. The molecule has 3 aromatic carbocycles. The van der Waals surface area contributed by atoms with E-state index in [1.54, 1.807) is 12.1 Å². The summed E-state index contributed by atoms with van der Waals surface area (Å²) in [6.07, 6.45) is 0. The Labute approximate surface area is 184 Å². The van der Waals surface area contributed by atoms with E-state index in [-0.39, 0.29) is 23.3 Å². The van der Waals surface area contributed by atoms with Gasteiger partial charge in [0.25, 0.3) is 11.6 Å². The molecule has 2 amide bonds. The molecule has 0 heterocycles. The van der Waals surface area contributed by atoms with Crippen LogP contribution in [0.4, 0.5) is 17.1 Å². The number of carbonyl (C=O) groups excluding carboxylic acids is 2. The van der Waals surface area contributed by atoms with Crippen molar-refractivity contribution >= 4 is 40.6 Å². The molecule has 0 aliphatic carbocycles. The van der Waals surface area contributed by atoms with E-state index in [1.807, 2.05) is 44.2 Å². The molecule has 0 aromatic heterocycles. The van der Waals surface area contributed by atoms with Gasteiger partial charge in [0.2, 0.25) is 5.91 Å². The number of nitrogens with zero attached hydrogens (tertiary/aromatic N) is 1. The molecule has 0 radical (unpaired) electrons. The van der Waals surface area contributed by atoms with Gasteiger partial charge in [-0.05, 0) is 73.5 Å². The lowest BCUT2D eigenvalue weighted by Crippen LogP contribution is -2.14. The summed E-state index contributed by atoms with van der Waals surface area (Å²) < 4.78 is 0. The third-order valence-corrected chi connectivity index (χ3v) is 5.34. The fourth-order valence-electron chi connectivity index (χ4n) is 2.97. The van der Waals surface area contributed by atoms with Gasteiger partial charge in [0.15, 0.2) is 0 Å². The van der Waals surface area contributed by atoms with Crippen LogP contribution in [0.2, 0.25) is 0 Å². The van der Waals surface area contributed by atoms with Crippen molar-refractivity contribution in [2.45, 2.75) is 18.7 Å². The number of aryl methyl sites for hydroxylation is 2. The van der Waals surface area contributed by atoms with Crippen LogP contribution < -0.4 is 10.6 Å². The normalized spacial score (nSPS) is 10.4. The molecule has 2 N–H and O–H groups in total. The van der Waals surface area contributed by atoms with E-state index in [9.17, 15) is 19.7 Å². The summed E-state index contributed by atoms with van der Waals surface area (Å²) in [5.41, 5.74) is 3.81. The molecule has 0 aliphatic rings. The summed E-state index contributed by atoms with van der Waals surface area (Å²) >= 11 is 1.40. The maximum atomic E-state index is 12.3. The second kappa shape index (κ2) is 9.90. The van der Waals surface area contributed by atoms with Gasteiger partial charge >= 0.3 is 0 Å². The molecule has 0 fully saturated rings. The molecular weight excluding hydrogens is 414 g/mol. The molecule has 0 saturated heterocycles. The maximum absolute atomic E-state index is 12.3. The molecule has 7 nitrogen and oxygen atoms in total. The van der Waals surface area contributed by atoms with E-state index in [4.69, 9.17) is 0 Å². The first kappa shape index (κ1) is 22.0. The number of nitro benzene ring substituents is 1. The van der Waals surface area contributed by atoms with E-state index in [1.165, 1.54) is 36.0 Å². The van der Waals surface area contributed by atoms with Gasteiger partial charge in [-0.2, -0.15) is 0 Å². The van der Waals surface area contributed by atoms with Crippen LogP contribution in [0.25, 0.3) is 0 Å². The fraction of sp³-hybridized carbons (Fsp3) is 0.130. The maximum Gasteiger partial charge on any atom is 0.269 e. The number of benzene rings is 3. The zero-order valence-electron chi connectivity index (χ0n) is 17.0. The van der Waals surface area contributed by atoms with E-state index in [2.05, 4.69) is 10.6 Å². The molecule has 3 rings (SSSR count). The third-order valence-electron chi connectivity index (χ3n) is 4.33. The first-order valence-electron chi connectivity index (χ1n) is 9.47. The highest BCUT2D eigenvalue weighted by Gasteiger charge is 2.10. The Hall–Kier alpha value is -3.65. The highest BCUT2D eigenvalue weighted by atomic mass is 32.2. The highest BCUT2D eigenvalue weighted by molar-refractivity contribution is 8.00. The van der Waals surface area contributed by atoms with Crippen LogP contribution in [0.1, 0.15) is 21.5 Å². The monoisotopic (exact) mass is 435 g/mol. The van der Waals surface area contributed by atoms with E-state index in [0.29, 0.717) is 11.3 Å². The van der Waals surface area contributed by atoms with Gasteiger partial charge in [-0.1, -0.05) is 6.07 Å². The summed E-state index contributed by atoms with van der Waals surface area (Å²) in [4.78, 5) is 35.6. The zero-order chi connectivity index (χ0) is 22.4. The van der Waals surface area contributed by atoms with Crippen molar-refractivity contribution in [2.24, 2.45) is 0 Å². The Morgan fingerprint density at radius 2 is 1.48 bits per heavy atom. The van der Waals surface area contributed by atoms with Crippen LogP contribution in [-0.2, 0) is 4.79 Å². The molecule has 0 bridgehead atoms. The Balaban J connectivity index is 1.52. The number of carbonyl (C=O) groups is 2. The number of rotatable bonds is 7. The SMILES string of the molecule is Cc1cc(C)cc(NC(=O)CSc2ccc(NC(=O)c3ccc([N+](=O)[O-])cc3)cc2)c1. The number of non-ortho nitro benzene ring substituents is 1. The predicted molar refractivity (Wildman–Crippen MR) is 123 cm³/mol. The summed E-state index contributed by atoms with van der Waals surface area (Å²) in [6.45, 7) is 3.97. The lowest BCUT2D eigenvalue weighted by atomic mass is 10.1. The smallest absolute Gasteiger partial charge is 0.269 e. The molecule has 0 spiro atoms. The molecule has 3 aromatic rings. The van der Waals surface area contributed by atoms with Gasteiger partial charge < -0.3 is 10.6 Å². The summed E-state index contributed by atoms with van der Waals surface area (Å²) in [7, 11) is 0. The lowest BCUT2D eigenvalue weighted by molar-refractivity contribution is -0.384. The van der Waals surface area contributed by atoms with Crippen LogP contribution in [0.3, 0.4) is 0 Å². The Morgan fingerprint density at radius 3 is 2.06 bits per heavy atom. The summed E-state index contributed by atoms with van der Waals surface area (Å²) in [6, 6.07) is 18.4. The molecule has 31 heavy (non-hydrogen) atoms. The van der Waals surface area contributed by atoms with Crippen molar-refractivity contribution in [3.8, 4) is 0 Å². The number of anilines is 2. The number of nitrogens with one attached hydrogen (secondary N) is 2.